The highest BCUT2D eigenvalue weighted by atomic mass is 127. The number of hydrogen-bond acceptors (Lipinski definition) is 4. The summed E-state index contributed by atoms with van der Waals surface area (Å²) in [5.41, 5.74) is 1.34. The Balaban J connectivity index is 2.29. The number of rotatable bonds is 3. The van der Waals surface area contributed by atoms with Gasteiger partial charge in [-0.1, -0.05) is 17.7 Å². The van der Waals surface area contributed by atoms with Gasteiger partial charge in [-0.15, -0.1) is 0 Å². The van der Waals surface area contributed by atoms with Crippen molar-refractivity contribution in [3.8, 4) is 0 Å². The number of pyridine rings is 1. The average Bonchev–Trinajstić information content (AvgIpc) is 2.43. The number of carbonyl (C=O) groups excluding carboxylic acids is 1. The van der Waals surface area contributed by atoms with Crippen LogP contribution in [0.5, 0.6) is 0 Å². The molecule has 2 aromatic rings. The molecule has 0 spiro atoms. The smallest absolute Gasteiger partial charge is 0.288 e. The Morgan fingerprint density at radius 3 is 2.76 bits per heavy atom. The van der Waals surface area contributed by atoms with Gasteiger partial charge in [0.05, 0.1) is 10.5 Å². The second-order valence-electron chi connectivity index (χ2n) is 4.21. The Hall–Kier alpha value is -1.74. The van der Waals surface area contributed by atoms with E-state index in [0.29, 0.717) is 5.69 Å². The summed E-state index contributed by atoms with van der Waals surface area (Å²) in [7, 11) is 0. The van der Waals surface area contributed by atoms with Gasteiger partial charge in [-0.25, -0.2) is 4.98 Å². The largest absolute Gasteiger partial charge is 0.322 e. The summed E-state index contributed by atoms with van der Waals surface area (Å²) in [6, 6.07) is 6.51. The number of halogens is 2. The molecule has 8 heteroatoms. The first-order valence-electron chi connectivity index (χ1n) is 5.76. The number of aromatic nitrogens is 1. The van der Waals surface area contributed by atoms with Crippen LogP contribution >= 0.6 is 34.2 Å². The van der Waals surface area contributed by atoms with E-state index in [-0.39, 0.29) is 16.4 Å². The molecular weight excluding hydrogens is 409 g/mol. The highest BCUT2D eigenvalue weighted by molar-refractivity contribution is 14.1. The van der Waals surface area contributed by atoms with E-state index in [0.717, 1.165) is 21.4 Å². The SMILES string of the molecule is Cc1ccc(NC(=O)c2cc([N+](=O)[O-])cnc2Cl)cc1I. The Labute approximate surface area is 138 Å². The maximum absolute atomic E-state index is 12.1. The topological polar surface area (TPSA) is 85.1 Å². The fraction of sp³-hybridized carbons (Fsp3) is 0.0769. The fourth-order valence-corrected chi connectivity index (χ4v) is 2.27. The number of benzene rings is 1. The van der Waals surface area contributed by atoms with Crippen LogP contribution < -0.4 is 5.32 Å². The number of nitrogens with zero attached hydrogens (tertiary/aromatic N) is 2. The van der Waals surface area contributed by atoms with E-state index in [1.54, 1.807) is 12.1 Å². The minimum absolute atomic E-state index is 0.0403. The first-order valence-corrected chi connectivity index (χ1v) is 7.21. The lowest BCUT2D eigenvalue weighted by molar-refractivity contribution is -0.385. The molecule has 0 radical (unpaired) electrons. The van der Waals surface area contributed by atoms with E-state index in [1.165, 1.54) is 0 Å². The highest BCUT2D eigenvalue weighted by Gasteiger charge is 2.17. The zero-order valence-electron chi connectivity index (χ0n) is 10.8. The summed E-state index contributed by atoms with van der Waals surface area (Å²) < 4.78 is 0.994. The molecule has 0 fully saturated rings. The van der Waals surface area contributed by atoms with Gasteiger partial charge < -0.3 is 5.32 Å². The molecule has 21 heavy (non-hydrogen) atoms. The number of carbonyl (C=O) groups is 1. The van der Waals surface area contributed by atoms with Crippen molar-refractivity contribution in [3.63, 3.8) is 0 Å². The van der Waals surface area contributed by atoms with E-state index >= 15 is 0 Å². The van der Waals surface area contributed by atoms with Crippen LogP contribution in [0.2, 0.25) is 5.15 Å². The second kappa shape index (κ2) is 6.35. The van der Waals surface area contributed by atoms with Gasteiger partial charge in [-0.2, -0.15) is 0 Å². The quantitative estimate of drug-likeness (QED) is 0.356. The summed E-state index contributed by atoms with van der Waals surface area (Å²) in [4.78, 5) is 25.9. The Kier molecular flexibility index (Phi) is 4.73. The zero-order valence-corrected chi connectivity index (χ0v) is 13.7. The zero-order chi connectivity index (χ0) is 15.6. The lowest BCUT2D eigenvalue weighted by Crippen LogP contribution is -2.13. The van der Waals surface area contributed by atoms with Crippen molar-refractivity contribution < 1.29 is 9.72 Å². The molecule has 108 valence electrons. The molecule has 1 amide bonds. The summed E-state index contributed by atoms with van der Waals surface area (Å²) >= 11 is 7.98. The van der Waals surface area contributed by atoms with Gasteiger partial charge in [-0.3, -0.25) is 14.9 Å². The fourth-order valence-electron chi connectivity index (χ4n) is 1.57. The Morgan fingerprint density at radius 1 is 1.43 bits per heavy atom. The lowest BCUT2D eigenvalue weighted by Gasteiger charge is -2.07. The number of amides is 1. The molecule has 1 heterocycles. The molecule has 0 aliphatic carbocycles. The van der Waals surface area contributed by atoms with Crippen molar-refractivity contribution in [3.05, 3.63) is 60.4 Å². The molecule has 0 aliphatic rings. The van der Waals surface area contributed by atoms with E-state index in [9.17, 15) is 14.9 Å². The van der Waals surface area contributed by atoms with Gasteiger partial charge in [0.1, 0.15) is 11.3 Å². The molecule has 0 bridgehead atoms. The highest BCUT2D eigenvalue weighted by Crippen LogP contribution is 2.22. The number of aryl methyl sites for hydroxylation is 1. The van der Waals surface area contributed by atoms with E-state index in [1.807, 2.05) is 13.0 Å². The number of nitrogens with one attached hydrogen (secondary N) is 1. The minimum atomic E-state index is -0.630. The van der Waals surface area contributed by atoms with Crippen LogP contribution in [-0.2, 0) is 0 Å². The van der Waals surface area contributed by atoms with Crippen molar-refractivity contribution in [2.24, 2.45) is 0 Å². The van der Waals surface area contributed by atoms with Crippen LogP contribution in [0.1, 0.15) is 15.9 Å². The molecule has 0 unspecified atom stereocenters. The molecule has 0 saturated heterocycles. The van der Waals surface area contributed by atoms with Crippen LogP contribution in [-0.4, -0.2) is 15.8 Å². The average molecular weight is 418 g/mol. The molecule has 0 atom stereocenters. The summed E-state index contributed by atoms with van der Waals surface area (Å²) in [5.74, 6) is -0.546. The lowest BCUT2D eigenvalue weighted by atomic mass is 10.2. The van der Waals surface area contributed by atoms with E-state index < -0.39 is 10.8 Å². The number of nitro groups is 1. The third-order valence-electron chi connectivity index (χ3n) is 2.71. The summed E-state index contributed by atoms with van der Waals surface area (Å²) in [5, 5.41) is 13.3. The Bertz CT molecular complexity index is 737. The van der Waals surface area contributed by atoms with Crippen LogP contribution in [0.15, 0.2) is 30.5 Å². The maximum atomic E-state index is 12.1. The predicted molar refractivity (Wildman–Crippen MR) is 87.8 cm³/mol. The van der Waals surface area contributed by atoms with Gasteiger partial charge >= 0.3 is 0 Å². The number of anilines is 1. The van der Waals surface area contributed by atoms with Gasteiger partial charge in [0.15, 0.2) is 0 Å². The van der Waals surface area contributed by atoms with E-state index in [4.69, 9.17) is 11.6 Å². The third kappa shape index (κ3) is 3.67. The van der Waals surface area contributed by atoms with Crippen molar-refractivity contribution in [2.45, 2.75) is 6.92 Å². The van der Waals surface area contributed by atoms with Crippen LogP contribution in [0, 0.1) is 20.6 Å². The van der Waals surface area contributed by atoms with E-state index in [2.05, 4.69) is 32.9 Å². The molecule has 6 nitrogen and oxygen atoms in total. The monoisotopic (exact) mass is 417 g/mol. The Morgan fingerprint density at radius 2 is 2.14 bits per heavy atom. The maximum Gasteiger partial charge on any atom is 0.288 e. The standard InChI is InChI=1S/C13H9ClIN3O3/c1-7-2-3-8(4-11(7)15)17-13(19)10-5-9(18(20)21)6-16-12(10)14/h2-6H,1H3,(H,17,19). The van der Waals surface area contributed by atoms with Crippen molar-refractivity contribution in [1.82, 2.24) is 4.98 Å². The molecule has 0 aliphatic heterocycles. The van der Waals surface area contributed by atoms with Crippen molar-refractivity contribution in [1.29, 1.82) is 0 Å². The van der Waals surface area contributed by atoms with Crippen molar-refractivity contribution in [2.75, 3.05) is 5.32 Å². The van der Waals surface area contributed by atoms with Crippen LogP contribution in [0.25, 0.3) is 0 Å². The molecule has 2 rings (SSSR count). The third-order valence-corrected chi connectivity index (χ3v) is 4.17. The molecule has 1 aromatic carbocycles. The van der Waals surface area contributed by atoms with Gasteiger partial charge in [0.2, 0.25) is 0 Å². The van der Waals surface area contributed by atoms with Gasteiger partial charge in [0, 0.05) is 15.3 Å². The molecule has 0 saturated carbocycles. The molecule has 1 aromatic heterocycles. The molecule has 1 N–H and O–H groups in total. The number of hydrogen-bond donors (Lipinski definition) is 1. The van der Waals surface area contributed by atoms with Crippen LogP contribution in [0.4, 0.5) is 11.4 Å². The summed E-state index contributed by atoms with van der Waals surface area (Å²) in [6.07, 6.45) is 1.01. The van der Waals surface area contributed by atoms with Gasteiger partial charge in [-0.05, 0) is 47.2 Å². The second-order valence-corrected chi connectivity index (χ2v) is 5.73. The first kappa shape index (κ1) is 15.6. The van der Waals surface area contributed by atoms with Crippen molar-refractivity contribution >= 4 is 51.5 Å². The first-order chi connectivity index (χ1) is 9.88. The minimum Gasteiger partial charge on any atom is -0.322 e. The van der Waals surface area contributed by atoms with Crippen LogP contribution in [0.3, 0.4) is 0 Å². The normalized spacial score (nSPS) is 10.2. The summed E-state index contributed by atoms with van der Waals surface area (Å²) in [6.45, 7) is 1.95. The molecular formula is C13H9ClIN3O3. The van der Waals surface area contributed by atoms with Gasteiger partial charge in [0.25, 0.3) is 11.6 Å². The predicted octanol–water partition coefficient (Wildman–Crippen LogP) is 3.81.